The first-order chi connectivity index (χ1) is 12.6. The monoisotopic (exact) mass is 372 g/mol. The van der Waals surface area contributed by atoms with Crippen molar-refractivity contribution >= 4 is 40.1 Å². The third kappa shape index (κ3) is 4.01. The van der Waals surface area contributed by atoms with Crippen molar-refractivity contribution in [1.29, 1.82) is 0 Å². The first kappa shape index (κ1) is 17.9. The molecule has 26 heavy (non-hydrogen) atoms. The Hall–Kier alpha value is -2.90. The first-order valence-corrected chi connectivity index (χ1v) is 8.27. The normalized spacial score (nSPS) is 10.7. The van der Waals surface area contributed by atoms with Crippen LogP contribution < -0.4 is 10.6 Å². The number of carbonyl (C=O) groups excluding carboxylic acids is 2. The molecule has 134 valence electrons. The topological polar surface area (TPSA) is 96.1 Å². The van der Waals surface area contributed by atoms with Gasteiger partial charge in [-0.3, -0.25) is 9.59 Å². The highest BCUT2D eigenvalue weighted by molar-refractivity contribution is 6.31. The Balaban J connectivity index is 1.81. The molecule has 0 aliphatic heterocycles. The van der Waals surface area contributed by atoms with Crippen LogP contribution >= 0.6 is 11.6 Å². The molecule has 2 heterocycles. The second kappa shape index (κ2) is 7.99. The number of halogens is 1. The van der Waals surface area contributed by atoms with Gasteiger partial charge in [-0.05, 0) is 24.3 Å². The summed E-state index contributed by atoms with van der Waals surface area (Å²) in [5.74, 6) is -0.552. The average molecular weight is 373 g/mol. The SMILES string of the molecule is COCCNC(=O)c1c[nH]c2ncc(NC(=O)c3cccc(Cl)c3)cc12. The maximum atomic E-state index is 12.3. The molecule has 0 saturated heterocycles. The molecule has 1 aromatic carbocycles. The lowest BCUT2D eigenvalue weighted by Gasteiger charge is -2.06. The molecule has 0 bridgehead atoms. The maximum absolute atomic E-state index is 12.3. The van der Waals surface area contributed by atoms with Crippen LogP contribution in [-0.4, -0.2) is 42.0 Å². The van der Waals surface area contributed by atoms with E-state index in [1.807, 2.05) is 0 Å². The molecule has 0 aliphatic rings. The molecule has 8 heteroatoms. The Morgan fingerprint density at radius 1 is 1.27 bits per heavy atom. The van der Waals surface area contributed by atoms with Gasteiger partial charge in [0.2, 0.25) is 0 Å². The average Bonchev–Trinajstić information content (AvgIpc) is 3.05. The molecular weight excluding hydrogens is 356 g/mol. The first-order valence-electron chi connectivity index (χ1n) is 7.89. The van der Waals surface area contributed by atoms with Crippen molar-refractivity contribution in [2.45, 2.75) is 0 Å². The summed E-state index contributed by atoms with van der Waals surface area (Å²) in [7, 11) is 1.57. The molecule has 0 aliphatic carbocycles. The van der Waals surface area contributed by atoms with Crippen molar-refractivity contribution in [3.8, 4) is 0 Å². The molecule has 2 aromatic heterocycles. The summed E-state index contributed by atoms with van der Waals surface area (Å²) in [6.07, 6.45) is 3.11. The van der Waals surface area contributed by atoms with Crippen LogP contribution in [0.2, 0.25) is 5.02 Å². The van der Waals surface area contributed by atoms with E-state index < -0.39 is 0 Å². The van der Waals surface area contributed by atoms with Crippen LogP contribution in [0.15, 0.2) is 42.7 Å². The van der Waals surface area contributed by atoms with Crippen LogP contribution in [-0.2, 0) is 4.74 Å². The van der Waals surface area contributed by atoms with Gasteiger partial charge in [-0.25, -0.2) is 4.98 Å². The minimum atomic E-state index is -0.310. The van der Waals surface area contributed by atoms with Gasteiger partial charge in [-0.2, -0.15) is 0 Å². The van der Waals surface area contributed by atoms with Crippen molar-refractivity contribution in [3.05, 3.63) is 58.9 Å². The molecule has 0 spiro atoms. The summed E-state index contributed by atoms with van der Waals surface area (Å²) in [5.41, 5.74) is 1.92. The molecule has 0 radical (unpaired) electrons. The van der Waals surface area contributed by atoms with Crippen molar-refractivity contribution < 1.29 is 14.3 Å². The van der Waals surface area contributed by atoms with Crippen LogP contribution in [0.25, 0.3) is 11.0 Å². The number of methoxy groups -OCH3 is 1. The predicted octanol–water partition coefficient (Wildman–Crippen LogP) is 2.84. The van der Waals surface area contributed by atoms with Gasteiger partial charge in [0.1, 0.15) is 5.65 Å². The van der Waals surface area contributed by atoms with E-state index in [0.717, 1.165) is 0 Å². The minimum absolute atomic E-state index is 0.242. The second-order valence-electron chi connectivity index (χ2n) is 5.54. The predicted molar refractivity (Wildman–Crippen MR) is 99.7 cm³/mol. The van der Waals surface area contributed by atoms with E-state index in [2.05, 4.69) is 20.6 Å². The number of anilines is 1. The highest BCUT2D eigenvalue weighted by Crippen LogP contribution is 2.21. The Bertz CT molecular complexity index is 955. The fraction of sp³-hybridized carbons (Fsp3) is 0.167. The highest BCUT2D eigenvalue weighted by Gasteiger charge is 2.14. The van der Waals surface area contributed by atoms with Gasteiger partial charge in [0.25, 0.3) is 11.8 Å². The summed E-state index contributed by atoms with van der Waals surface area (Å²) >= 11 is 5.91. The number of carbonyl (C=O) groups is 2. The maximum Gasteiger partial charge on any atom is 0.255 e. The zero-order valence-corrected chi connectivity index (χ0v) is 14.8. The zero-order chi connectivity index (χ0) is 18.5. The van der Waals surface area contributed by atoms with Gasteiger partial charge in [0.15, 0.2) is 0 Å². The molecule has 3 aromatic rings. The number of aromatic nitrogens is 2. The summed E-state index contributed by atoms with van der Waals surface area (Å²) in [5, 5.41) is 6.61. The van der Waals surface area contributed by atoms with Gasteiger partial charge in [0.05, 0.1) is 24.1 Å². The molecule has 2 amide bonds. The van der Waals surface area contributed by atoms with Gasteiger partial charge in [-0.15, -0.1) is 0 Å². The van der Waals surface area contributed by atoms with E-state index in [1.54, 1.807) is 43.6 Å². The Labute approximate surface area is 154 Å². The molecule has 7 nitrogen and oxygen atoms in total. The number of ether oxygens (including phenoxy) is 1. The van der Waals surface area contributed by atoms with Gasteiger partial charge in [-0.1, -0.05) is 17.7 Å². The molecule has 3 rings (SSSR count). The number of hydrogen-bond donors (Lipinski definition) is 3. The number of benzene rings is 1. The van der Waals surface area contributed by atoms with E-state index in [0.29, 0.717) is 46.0 Å². The standard InChI is InChI=1S/C18H17ClN4O3/c1-26-6-5-20-18(25)15-10-22-16-14(15)8-13(9-21-16)23-17(24)11-3-2-4-12(19)7-11/h2-4,7-10H,5-6H2,1H3,(H,20,25)(H,21,22)(H,23,24). The largest absolute Gasteiger partial charge is 0.383 e. The number of hydrogen-bond acceptors (Lipinski definition) is 4. The smallest absolute Gasteiger partial charge is 0.255 e. The Morgan fingerprint density at radius 3 is 2.88 bits per heavy atom. The number of pyridine rings is 1. The number of aromatic amines is 1. The number of fused-ring (bicyclic) bond motifs is 1. The lowest BCUT2D eigenvalue weighted by molar-refractivity contribution is 0.0938. The van der Waals surface area contributed by atoms with Crippen LogP contribution in [0.5, 0.6) is 0 Å². The fourth-order valence-corrected chi connectivity index (χ4v) is 2.64. The number of H-pyrrole nitrogens is 1. The van der Waals surface area contributed by atoms with Gasteiger partial charge >= 0.3 is 0 Å². The molecule has 0 fully saturated rings. The van der Waals surface area contributed by atoms with Crippen LogP contribution in [0, 0.1) is 0 Å². The summed E-state index contributed by atoms with van der Waals surface area (Å²) in [6.45, 7) is 0.827. The highest BCUT2D eigenvalue weighted by atomic mass is 35.5. The number of nitrogens with zero attached hydrogens (tertiary/aromatic N) is 1. The summed E-state index contributed by atoms with van der Waals surface area (Å²) in [6, 6.07) is 8.34. The molecular formula is C18H17ClN4O3. The van der Waals surface area contributed by atoms with E-state index in [9.17, 15) is 9.59 Å². The number of rotatable bonds is 6. The van der Waals surface area contributed by atoms with E-state index in [-0.39, 0.29) is 11.8 Å². The van der Waals surface area contributed by atoms with Crippen LogP contribution in [0.1, 0.15) is 20.7 Å². The zero-order valence-electron chi connectivity index (χ0n) is 14.0. The molecule has 0 saturated carbocycles. The van der Waals surface area contributed by atoms with Gasteiger partial charge < -0.3 is 20.4 Å². The molecule has 0 atom stereocenters. The van der Waals surface area contributed by atoms with E-state index >= 15 is 0 Å². The van der Waals surface area contributed by atoms with Crippen molar-refractivity contribution in [1.82, 2.24) is 15.3 Å². The minimum Gasteiger partial charge on any atom is -0.383 e. The molecule has 0 unspecified atom stereocenters. The van der Waals surface area contributed by atoms with Gasteiger partial charge in [0, 0.05) is 35.8 Å². The third-order valence-electron chi connectivity index (χ3n) is 3.71. The number of nitrogens with one attached hydrogen (secondary N) is 3. The van der Waals surface area contributed by atoms with E-state index in [1.165, 1.54) is 6.20 Å². The van der Waals surface area contributed by atoms with E-state index in [4.69, 9.17) is 16.3 Å². The third-order valence-corrected chi connectivity index (χ3v) is 3.95. The Kier molecular flexibility index (Phi) is 5.50. The summed E-state index contributed by atoms with van der Waals surface area (Å²) < 4.78 is 4.92. The fourth-order valence-electron chi connectivity index (χ4n) is 2.45. The summed E-state index contributed by atoms with van der Waals surface area (Å²) in [4.78, 5) is 31.8. The van der Waals surface area contributed by atoms with Crippen molar-refractivity contribution in [3.63, 3.8) is 0 Å². The molecule has 3 N–H and O–H groups in total. The van der Waals surface area contributed by atoms with Crippen molar-refractivity contribution in [2.24, 2.45) is 0 Å². The second-order valence-corrected chi connectivity index (χ2v) is 5.97. The number of amides is 2. The van der Waals surface area contributed by atoms with Crippen LogP contribution in [0.3, 0.4) is 0 Å². The lowest BCUT2D eigenvalue weighted by atomic mass is 10.2. The van der Waals surface area contributed by atoms with Crippen LogP contribution in [0.4, 0.5) is 5.69 Å². The quantitative estimate of drug-likeness (QED) is 0.580. The lowest BCUT2D eigenvalue weighted by Crippen LogP contribution is -2.26. The van der Waals surface area contributed by atoms with Crippen molar-refractivity contribution in [2.75, 3.05) is 25.6 Å². The Morgan fingerprint density at radius 2 is 2.12 bits per heavy atom.